The van der Waals surface area contributed by atoms with Crippen LogP contribution in [0, 0.1) is 5.41 Å². The molecule has 0 radical (unpaired) electrons. The fraction of sp³-hybridized carbons (Fsp3) is 0.929. The van der Waals surface area contributed by atoms with Gasteiger partial charge in [-0.15, -0.1) is 0 Å². The van der Waals surface area contributed by atoms with Gasteiger partial charge in [0.25, 0.3) is 0 Å². The van der Waals surface area contributed by atoms with Gasteiger partial charge in [-0.3, -0.25) is 4.79 Å². The maximum Gasteiger partial charge on any atom is 0.323 e. The zero-order valence-electron chi connectivity index (χ0n) is 11.9. The molecule has 1 atom stereocenters. The lowest BCUT2D eigenvalue weighted by Gasteiger charge is -2.42. The van der Waals surface area contributed by atoms with E-state index in [-0.39, 0.29) is 12.0 Å². The first-order chi connectivity index (χ1) is 7.78. The van der Waals surface area contributed by atoms with E-state index in [9.17, 15) is 4.79 Å². The van der Waals surface area contributed by atoms with Crippen LogP contribution in [-0.4, -0.2) is 24.2 Å². The van der Waals surface area contributed by atoms with Crippen LogP contribution in [0.15, 0.2) is 0 Å². The Morgan fingerprint density at radius 3 is 2.35 bits per heavy atom. The predicted octanol–water partition coefficient (Wildman–Crippen LogP) is 2.89. The minimum absolute atomic E-state index is 0.150. The Balaban J connectivity index is 2.34. The smallest absolute Gasteiger partial charge is 0.323 e. The monoisotopic (exact) mass is 241 g/mol. The fourth-order valence-corrected chi connectivity index (χ4v) is 2.18. The molecule has 3 heteroatoms. The van der Waals surface area contributed by atoms with E-state index in [4.69, 9.17) is 4.74 Å². The Morgan fingerprint density at radius 2 is 2.00 bits per heavy atom. The second-order valence-electron chi connectivity index (χ2n) is 6.34. The average Bonchev–Trinajstić information content (AvgIpc) is 2.13. The van der Waals surface area contributed by atoms with Crippen LogP contribution >= 0.6 is 0 Å². The minimum Gasteiger partial charge on any atom is -0.459 e. The topological polar surface area (TPSA) is 38.3 Å². The molecule has 100 valence electrons. The summed E-state index contributed by atoms with van der Waals surface area (Å²) in [5.41, 5.74) is 0.0439. The van der Waals surface area contributed by atoms with Crippen LogP contribution < -0.4 is 5.32 Å². The van der Waals surface area contributed by atoms with Gasteiger partial charge < -0.3 is 10.1 Å². The molecule has 0 aromatic heterocycles. The van der Waals surface area contributed by atoms with Gasteiger partial charge in [-0.25, -0.2) is 0 Å². The number of ether oxygens (including phenoxy) is 1. The molecule has 1 N–H and O–H groups in total. The van der Waals surface area contributed by atoms with Gasteiger partial charge in [0, 0.05) is 6.54 Å². The fourth-order valence-electron chi connectivity index (χ4n) is 2.18. The Bertz CT molecular complexity index is 258. The van der Waals surface area contributed by atoms with Crippen LogP contribution in [0.4, 0.5) is 0 Å². The van der Waals surface area contributed by atoms with Crippen LogP contribution in [0.5, 0.6) is 0 Å². The van der Waals surface area contributed by atoms with Gasteiger partial charge in [-0.2, -0.15) is 0 Å². The Hall–Kier alpha value is -0.570. The van der Waals surface area contributed by atoms with Crippen LogP contribution in [0.25, 0.3) is 0 Å². The zero-order chi connectivity index (χ0) is 13.1. The average molecular weight is 241 g/mol. The molecule has 1 aliphatic carbocycles. The molecule has 1 aliphatic rings. The molecule has 17 heavy (non-hydrogen) atoms. The second-order valence-corrected chi connectivity index (χ2v) is 6.34. The molecule has 1 rings (SSSR count). The van der Waals surface area contributed by atoms with E-state index in [0.29, 0.717) is 5.41 Å². The van der Waals surface area contributed by atoms with Crippen molar-refractivity contribution >= 4 is 5.97 Å². The van der Waals surface area contributed by atoms with Crippen molar-refractivity contribution in [2.75, 3.05) is 6.54 Å². The van der Waals surface area contributed by atoms with Gasteiger partial charge in [-0.1, -0.05) is 13.3 Å². The molecule has 0 saturated heterocycles. The lowest BCUT2D eigenvalue weighted by molar-refractivity contribution is -0.157. The van der Waals surface area contributed by atoms with E-state index in [2.05, 4.69) is 12.2 Å². The number of hydrogen-bond acceptors (Lipinski definition) is 3. The summed E-state index contributed by atoms with van der Waals surface area (Å²) < 4.78 is 5.35. The predicted molar refractivity (Wildman–Crippen MR) is 69.9 cm³/mol. The van der Waals surface area contributed by atoms with Gasteiger partial charge in [0.05, 0.1) is 0 Å². The summed E-state index contributed by atoms with van der Waals surface area (Å²) in [4.78, 5) is 11.8. The highest BCUT2D eigenvalue weighted by Gasteiger charge is 2.35. The zero-order valence-corrected chi connectivity index (χ0v) is 11.9. The maximum absolute atomic E-state index is 11.8. The summed E-state index contributed by atoms with van der Waals surface area (Å²) in [6, 6.07) is -0.210. The van der Waals surface area contributed by atoms with Crippen LogP contribution in [0.2, 0.25) is 0 Å². The standard InChI is InChI=1S/C14H27NO2/c1-6-14(8-7-9-14)10-15-11(2)12(16)17-13(3,4)5/h11,15H,6-10H2,1-5H3. The highest BCUT2D eigenvalue weighted by Crippen LogP contribution is 2.43. The molecule has 0 heterocycles. The van der Waals surface area contributed by atoms with Gasteiger partial charge in [0.2, 0.25) is 0 Å². The summed E-state index contributed by atoms with van der Waals surface area (Å²) in [6.45, 7) is 10.8. The van der Waals surface area contributed by atoms with Crippen molar-refractivity contribution in [2.24, 2.45) is 5.41 Å². The third kappa shape index (κ3) is 4.30. The first-order valence-electron chi connectivity index (χ1n) is 6.74. The van der Waals surface area contributed by atoms with Crippen LogP contribution in [0.3, 0.4) is 0 Å². The first-order valence-corrected chi connectivity index (χ1v) is 6.74. The molecule has 1 fully saturated rings. The number of nitrogens with one attached hydrogen (secondary N) is 1. The van der Waals surface area contributed by atoms with E-state index >= 15 is 0 Å². The third-order valence-electron chi connectivity index (χ3n) is 3.71. The molecule has 3 nitrogen and oxygen atoms in total. The summed E-state index contributed by atoms with van der Waals surface area (Å²) >= 11 is 0. The van der Waals surface area contributed by atoms with Crippen molar-refractivity contribution in [2.45, 2.75) is 71.9 Å². The largest absolute Gasteiger partial charge is 0.459 e. The molecule has 0 aromatic carbocycles. The molecule has 1 saturated carbocycles. The quantitative estimate of drug-likeness (QED) is 0.752. The lowest BCUT2D eigenvalue weighted by Crippen LogP contribution is -2.46. The SMILES string of the molecule is CCC1(CNC(C)C(=O)OC(C)(C)C)CCC1. The number of hydrogen-bond donors (Lipinski definition) is 1. The minimum atomic E-state index is -0.397. The molecule has 0 aliphatic heterocycles. The van der Waals surface area contributed by atoms with Gasteiger partial charge >= 0.3 is 5.97 Å². The number of esters is 1. The number of rotatable bonds is 5. The van der Waals surface area contributed by atoms with Crippen molar-refractivity contribution in [1.82, 2.24) is 5.32 Å². The van der Waals surface area contributed by atoms with Crippen LogP contribution in [0.1, 0.15) is 60.3 Å². The summed E-state index contributed by atoms with van der Waals surface area (Å²) in [5.74, 6) is -0.150. The highest BCUT2D eigenvalue weighted by molar-refractivity contribution is 5.75. The van der Waals surface area contributed by atoms with Gasteiger partial charge in [-0.05, 0) is 52.4 Å². The Labute approximate surface area is 105 Å². The Kier molecular flexibility index (Phi) is 4.59. The molecule has 0 amide bonds. The van der Waals surface area contributed by atoms with E-state index in [1.54, 1.807) is 0 Å². The van der Waals surface area contributed by atoms with Crippen molar-refractivity contribution in [3.63, 3.8) is 0 Å². The van der Waals surface area contributed by atoms with Crippen molar-refractivity contribution < 1.29 is 9.53 Å². The summed E-state index contributed by atoms with van der Waals surface area (Å²) in [5, 5.41) is 3.32. The van der Waals surface area contributed by atoms with Crippen LogP contribution in [-0.2, 0) is 9.53 Å². The summed E-state index contributed by atoms with van der Waals surface area (Å²) in [6.07, 6.45) is 5.10. The van der Waals surface area contributed by atoms with E-state index in [1.165, 1.54) is 25.7 Å². The lowest BCUT2D eigenvalue weighted by atomic mass is 9.67. The van der Waals surface area contributed by atoms with E-state index in [1.807, 2.05) is 27.7 Å². The molecule has 0 spiro atoms. The normalized spacial score (nSPS) is 20.5. The highest BCUT2D eigenvalue weighted by atomic mass is 16.6. The summed E-state index contributed by atoms with van der Waals surface area (Å²) in [7, 11) is 0. The van der Waals surface area contributed by atoms with Gasteiger partial charge in [0.15, 0.2) is 0 Å². The van der Waals surface area contributed by atoms with E-state index in [0.717, 1.165) is 6.54 Å². The molecular formula is C14H27NO2. The number of carbonyl (C=O) groups is 1. The third-order valence-corrected chi connectivity index (χ3v) is 3.71. The maximum atomic E-state index is 11.8. The van der Waals surface area contributed by atoms with Crippen molar-refractivity contribution in [3.8, 4) is 0 Å². The van der Waals surface area contributed by atoms with Crippen molar-refractivity contribution in [1.29, 1.82) is 0 Å². The molecule has 0 bridgehead atoms. The van der Waals surface area contributed by atoms with Crippen molar-refractivity contribution in [3.05, 3.63) is 0 Å². The molecular weight excluding hydrogens is 214 g/mol. The number of carbonyl (C=O) groups excluding carboxylic acids is 1. The second kappa shape index (κ2) is 5.38. The van der Waals surface area contributed by atoms with Gasteiger partial charge in [0.1, 0.15) is 11.6 Å². The molecule has 1 unspecified atom stereocenters. The Morgan fingerprint density at radius 1 is 1.41 bits per heavy atom. The first kappa shape index (κ1) is 14.5. The molecule has 0 aromatic rings. The van der Waals surface area contributed by atoms with E-state index < -0.39 is 5.60 Å².